The Hall–Kier alpha value is -3.08. The summed E-state index contributed by atoms with van der Waals surface area (Å²) in [5, 5.41) is 46.7. The van der Waals surface area contributed by atoms with Crippen LogP contribution in [0.3, 0.4) is 0 Å². The number of hydrogen-bond acceptors (Lipinski definition) is 10. The van der Waals surface area contributed by atoms with E-state index in [1.165, 1.54) is 12.1 Å². The summed E-state index contributed by atoms with van der Waals surface area (Å²) in [4.78, 5) is 63.3. The van der Waals surface area contributed by atoms with Crippen LogP contribution in [0.15, 0.2) is 12.1 Å². The van der Waals surface area contributed by atoms with Crippen LogP contribution >= 0.6 is 37.2 Å². The van der Waals surface area contributed by atoms with Gasteiger partial charge in [0, 0.05) is 12.1 Å². The maximum absolute atomic E-state index is 13.1. The van der Waals surface area contributed by atoms with E-state index in [0.717, 1.165) is 18.5 Å². The van der Waals surface area contributed by atoms with Crippen molar-refractivity contribution in [2.24, 2.45) is 5.73 Å². The number of benzene rings is 1. The first-order chi connectivity index (χ1) is 22.2. The molecule has 1 aromatic rings. The molecule has 4 amide bonds. The topological polar surface area (TPSA) is 244 Å². The number of amides is 4. The number of nitrogens with two attached hydrogens (primary N) is 1. The summed E-state index contributed by atoms with van der Waals surface area (Å²) in [6, 6.07) is -1.03. The van der Waals surface area contributed by atoms with Crippen LogP contribution in [0.2, 0.25) is 0 Å². The third-order valence-electron chi connectivity index (χ3n) is 8.69. The number of carboxylic acids is 1. The minimum atomic E-state index is -1.19. The van der Waals surface area contributed by atoms with Crippen LogP contribution in [-0.4, -0.2) is 94.8 Å². The van der Waals surface area contributed by atoms with Gasteiger partial charge in [0.15, 0.2) is 11.5 Å². The monoisotopic (exact) mass is 769 g/mol. The fraction of sp³-hybridized carbons (Fsp3) is 0.656. The van der Waals surface area contributed by atoms with Crippen molar-refractivity contribution >= 4 is 66.8 Å². The highest BCUT2D eigenvalue weighted by Crippen LogP contribution is 2.37. The van der Waals surface area contributed by atoms with Gasteiger partial charge in [-0.05, 0) is 115 Å². The largest absolute Gasteiger partial charge is 0.504 e. The average Bonchev–Trinajstić information content (AvgIpc) is 3.55. The summed E-state index contributed by atoms with van der Waals surface area (Å²) in [7, 11) is 0. The first kappa shape index (κ1) is 46.9. The minimum Gasteiger partial charge on any atom is -0.504 e. The van der Waals surface area contributed by atoms with Crippen LogP contribution in [0, 0.1) is 0 Å². The zero-order valence-electron chi connectivity index (χ0n) is 28.7. The second-order valence-electron chi connectivity index (χ2n) is 12.9. The number of aromatic hydroxyl groups is 2. The molecular formula is C32H54Cl3N7O8. The van der Waals surface area contributed by atoms with Gasteiger partial charge in [-0.15, -0.1) is 37.2 Å². The van der Waals surface area contributed by atoms with Gasteiger partial charge in [-0.1, -0.05) is 0 Å². The maximum Gasteiger partial charge on any atom is 0.326 e. The van der Waals surface area contributed by atoms with Crippen molar-refractivity contribution in [3.05, 3.63) is 23.3 Å². The lowest BCUT2D eigenvalue weighted by Crippen LogP contribution is -2.57. The normalized spacial score (nSPS) is 19.0. The standard InChI is InChI=1S/C32H51N7O8.3ClH/c1-18(36-29(44)21-11-8-14-34-21)27(42)37-22(9-4-6-12-33)28(43)35-13-7-5-10-23(31(46)47)38-30(45)24-15-19-16-25(40)26(41)17-20(19)32(2,3)39-24;;;/h16-18,21-24,34,39-41H,4-15,33H2,1-3H3,(H,35,43)(H,36,44)(H,37,42)(H,38,45)(H,46,47);3*1H/t18-,21-,22-,23-,24-;;;/m0.../s1. The molecule has 11 N–H and O–H groups in total. The summed E-state index contributed by atoms with van der Waals surface area (Å²) < 4.78 is 0. The lowest BCUT2D eigenvalue weighted by Gasteiger charge is -2.39. The highest BCUT2D eigenvalue weighted by Gasteiger charge is 2.37. The number of phenols is 2. The number of unbranched alkanes of at least 4 members (excludes halogenated alkanes) is 2. The number of aliphatic carboxylic acids is 1. The Morgan fingerprint density at radius 2 is 1.50 bits per heavy atom. The van der Waals surface area contributed by atoms with E-state index in [0.29, 0.717) is 50.6 Å². The number of carbonyl (C=O) groups is 5. The molecule has 1 fully saturated rings. The van der Waals surface area contributed by atoms with E-state index < -0.39 is 47.5 Å². The molecular weight excluding hydrogens is 717 g/mol. The molecule has 0 spiro atoms. The molecule has 50 heavy (non-hydrogen) atoms. The lowest BCUT2D eigenvalue weighted by atomic mass is 9.81. The predicted octanol–water partition coefficient (Wildman–Crippen LogP) is 0.839. The molecule has 0 radical (unpaired) electrons. The highest BCUT2D eigenvalue weighted by molar-refractivity contribution is 5.93. The smallest absolute Gasteiger partial charge is 0.326 e. The van der Waals surface area contributed by atoms with Gasteiger partial charge in [-0.25, -0.2) is 4.79 Å². The first-order valence-corrected chi connectivity index (χ1v) is 16.4. The van der Waals surface area contributed by atoms with E-state index in [1.807, 2.05) is 13.8 Å². The van der Waals surface area contributed by atoms with Crippen molar-refractivity contribution < 1.29 is 39.3 Å². The van der Waals surface area contributed by atoms with Gasteiger partial charge in [0.05, 0.1) is 12.1 Å². The number of nitrogens with one attached hydrogen (secondary N) is 6. The number of carbonyl (C=O) groups excluding carboxylic acids is 4. The number of phenolic OH excluding ortho intramolecular Hbond substituents is 2. The summed E-state index contributed by atoms with van der Waals surface area (Å²) in [5.74, 6) is -3.36. The van der Waals surface area contributed by atoms with E-state index in [2.05, 4.69) is 31.9 Å². The molecule has 1 saturated heterocycles. The minimum absolute atomic E-state index is 0. The number of halogens is 3. The highest BCUT2D eigenvalue weighted by atomic mass is 35.5. The number of hydrogen-bond donors (Lipinski definition) is 10. The van der Waals surface area contributed by atoms with Gasteiger partial charge >= 0.3 is 5.97 Å². The number of rotatable bonds is 17. The van der Waals surface area contributed by atoms with Crippen LogP contribution in [0.4, 0.5) is 0 Å². The molecule has 0 bridgehead atoms. The quantitative estimate of drug-likeness (QED) is 0.0786. The third kappa shape index (κ3) is 13.6. The number of carboxylic acid groups (broad SMARTS) is 1. The molecule has 2 heterocycles. The first-order valence-electron chi connectivity index (χ1n) is 16.4. The molecule has 18 heteroatoms. The second kappa shape index (κ2) is 22.0. The Labute approximate surface area is 311 Å². The van der Waals surface area contributed by atoms with Gasteiger partial charge in [0.1, 0.15) is 18.1 Å². The fourth-order valence-electron chi connectivity index (χ4n) is 6.00. The van der Waals surface area contributed by atoms with Crippen LogP contribution in [0.1, 0.15) is 83.3 Å². The Morgan fingerprint density at radius 3 is 2.12 bits per heavy atom. The van der Waals surface area contributed by atoms with Crippen molar-refractivity contribution in [1.29, 1.82) is 0 Å². The van der Waals surface area contributed by atoms with Crippen LogP contribution in [-0.2, 0) is 35.9 Å². The Morgan fingerprint density at radius 1 is 0.880 bits per heavy atom. The zero-order chi connectivity index (χ0) is 34.7. The van der Waals surface area contributed by atoms with Crippen molar-refractivity contribution in [2.45, 2.75) is 114 Å². The Kier molecular flexibility index (Phi) is 20.6. The number of fused-ring (bicyclic) bond motifs is 1. The van der Waals surface area contributed by atoms with Gasteiger partial charge in [-0.2, -0.15) is 0 Å². The maximum atomic E-state index is 13.1. The van der Waals surface area contributed by atoms with E-state index in [-0.39, 0.29) is 86.0 Å². The van der Waals surface area contributed by atoms with Gasteiger partial charge in [0.2, 0.25) is 23.6 Å². The van der Waals surface area contributed by atoms with E-state index in [4.69, 9.17) is 5.73 Å². The molecule has 0 aromatic heterocycles. The van der Waals surface area contributed by atoms with Crippen LogP contribution < -0.4 is 37.6 Å². The van der Waals surface area contributed by atoms with Gasteiger partial charge in [0.25, 0.3) is 0 Å². The molecule has 2 aliphatic rings. The van der Waals surface area contributed by atoms with Crippen molar-refractivity contribution in [1.82, 2.24) is 31.9 Å². The molecule has 2 aliphatic heterocycles. The van der Waals surface area contributed by atoms with E-state index in [1.54, 1.807) is 6.92 Å². The molecule has 0 saturated carbocycles. The molecule has 0 unspecified atom stereocenters. The molecule has 1 aromatic carbocycles. The third-order valence-corrected chi connectivity index (χ3v) is 8.69. The summed E-state index contributed by atoms with van der Waals surface area (Å²) >= 11 is 0. The molecule has 3 rings (SSSR count). The second-order valence-corrected chi connectivity index (χ2v) is 12.9. The van der Waals surface area contributed by atoms with Gasteiger partial charge in [-0.3, -0.25) is 24.5 Å². The molecule has 5 atom stereocenters. The molecule has 286 valence electrons. The molecule has 0 aliphatic carbocycles. The van der Waals surface area contributed by atoms with Crippen LogP contribution in [0.5, 0.6) is 11.5 Å². The van der Waals surface area contributed by atoms with Gasteiger partial charge < -0.3 is 47.6 Å². The average molecular weight is 771 g/mol. The van der Waals surface area contributed by atoms with Crippen LogP contribution in [0.25, 0.3) is 0 Å². The van der Waals surface area contributed by atoms with Crippen molar-refractivity contribution in [3.63, 3.8) is 0 Å². The van der Waals surface area contributed by atoms with E-state index in [9.17, 15) is 39.3 Å². The summed E-state index contributed by atoms with van der Waals surface area (Å²) in [6.45, 7) is 6.64. The Bertz CT molecular complexity index is 1300. The van der Waals surface area contributed by atoms with Crippen molar-refractivity contribution in [2.75, 3.05) is 19.6 Å². The Balaban J connectivity index is 0.00000800. The summed E-state index contributed by atoms with van der Waals surface area (Å²) in [6.07, 6.45) is 4.39. The predicted molar refractivity (Wildman–Crippen MR) is 195 cm³/mol. The lowest BCUT2D eigenvalue weighted by molar-refractivity contribution is -0.142. The summed E-state index contributed by atoms with van der Waals surface area (Å²) in [5.41, 5.74) is 6.27. The fourth-order valence-corrected chi connectivity index (χ4v) is 6.00. The van der Waals surface area contributed by atoms with E-state index >= 15 is 0 Å². The SMILES string of the molecule is C[C@H](NC(=O)[C@@H]1CCCN1)C(=O)N[C@@H](CCCCN)C(=O)NCCCC[C@H](NC(=O)[C@@H]1Cc2cc(O)c(O)cc2C(C)(C)N1)C(=O)O.Cl.Cl.Cl. The zero-order valence-corrected chi connectivity index (χ0v) is 31.2. The molecule has 15 nitrogen and oxygen atoms in total. The van der Waals surface area contributed by atoms with Crippen molar-refractivity contribution in [3.8, 4) is 11.5 Å².